The third-order valence-corrected chi connectivity index (χ3v) is 5.11. The van der Waals surface area contributed by atoms with Crippen LogP contribution in [-0.2, 0) is 5.41 Å². The summed E-state index contributed by atoms with van der Waals surface area (Å²) in [4.78, 5) is 0. The van der Waals surface area contributed by atoms with E-state index in [1.54, 1.807) is 11.1 Å². The average Bonchev–Trinajstić information content (AvgIpc) is 2.81. The van der Waals surface area contributed by atoms with E-state index in [-0.39, 0.29) is 0 Å². The van der Waals surface area contributed by atoms with Crippen LogP contribution < -0.4 is 0 Å². The predicted molar refractivity (Wildman–Crippen MR) is 71.0 cm³/mol. The summed E-state index contributed by atoms with van der Waals surface area (Å²) in [6.45, 7) is 4.78. The summed E-state index contributed by atoms with van der Waals surface area (Å²) in [7, 11) is 0. The molecule has 4 rings (SSSR count). The Morgan fingerprint density at radius 1 is 0.706 bits per heavy atom. The molecular weight excluding hydrogens is 204 g/mol. The van der Waals surface area contributed by atoms with Crippen LogP contribution in [0.3, 0.4) is 0 Å². The zero-order chi connectivity index (χ0) is 11.6. The summed E-state index contributed by atoms with van der Waals surface area (Å²) >= 11 is 0. The van der Waals surface area contributed by atoms with E-state index in [1.165, 1.54) is 11.1 Å². The molecule has 1 fully saturated rings. The standard InChI is InChI=1S/C17H16/c1-11-12(2)17(11)15-9-5-3-7-13(15)14-8-4-6-10-16(14)17/h3-12H,1-2H3. The summed E-state index contributed by atoms with van der Waals surface area (Å²) in [6.07, 6.45) is 0. The van der Waals surface area contributed by atoms with Gasteiger partial charge in [-0.05, 0) is 34.1 Å². The van der Waals surface area contributed by atoms with Gasteiger partial charge in [0.05, 0.1) is 0 Å². The molecule has 0 amide bonds. The molecule has 1 spiro atoms. The van der Waals surface area contributed by atoms with Crippen molar-refractivity contribution >= 4 is 0 Å². The van der Waals surface area contributed by atoms with Gasteiger partial charge in [0.1, 0.15) is 0 Å². The van der Waals surface area contributed by atoms with Gasteiger partial charge >= 0.3 is 0 Å². The van der Waals surface area contributed by atoms with Gasteiger partial charge in [0.2, 0.25) is 0 Å². The molecule has 2 aromatic rings. The largest absolute Gasteiger partial charge is 0.0619 e. The molecule has 84 valence electrons. The average molecular weight is 220 g/mol. The van der Waals surface area contributed by atoms with Crippen molar-refractivity contribution in [3.63, 3.8) is 0 Å². The number of fused-ring (bicyclic) bond motifs is 5. The summed E-state index contributed by atoms with van der Waals surface area (Å²) in [5.41, 5.74) is 6.36. The molecule has 17 heavy (non-hydrogen) atoms. The van der Waals surface area contributed by atoms with Crippen molar-refractivity contribution in [1.29, 1.82) is 0 Å². The third kappa shape index (κ3) is 0.878. The number of benzene rings is 2. The summed E-state index contributed by atoms with van der Waals surface area (Å²) in [5.74, 6) is 1.54. The number of hydrogen-bond acceptors (Lipinski definition) is 0. The lowest BCUT2D eigenvalue weighted by Crippen LogP contribution is -2.08. The first kappa shape index (κ1) is 9.47. The Kier molecular flexibility index (Phi) is 1.57. The molecule has 0 aliphatic heterocycles. The van der Waals surface area contributed by atoms with Gasteiger partial charge in [-0.1, -0.05) is 62.4 Å². The maximum Gasteiger partial charge on any atom is 0.0272 e. The molecule has 2 unspecified atom stereocenters. The molecule has 0 heteroatoms. The Morgan fingerprint density at radius 2 is 1.12 bits per heavy atom. The Morgan fingerprint density at radius 3 is 1.53 bits per heavy atom. The van der Waals surface area contributed by atoms with Crippen LogP contribution in [0.15, 0.2) is 48.5 Å². The van der Waals surface area contributed by atoms with Crippen LogP contribution in [0.2, 0.25) is 0 Å². The molecule has 0 bridgehead atoms. The quantitative estimate of drug-likeness (QED) is 0.623. The van der Waals surface area contributed by atoms with Gasteiger partial charge in [0.25, 0.3) is 0 Å². The van der Waals surface area contributed by atoms with Crippen LogP contribution in [-0.4, -0.2) is 0 Å². The predicted octanol–water partition coefficient (Wildman–Crippen LogP) is 4.24. The molecule has 0 saturated heterocycles. The van der Waals surface area contributed by atoms with Crippen LogP contribution in [0.25, 0.3) is 11.1 Å². The zero-order valence-corrected chi connectivity index (χ0v) is 10.3. The van der Waals surface area contributed by atoms with Gasteiger partial charge in [0, 0.05) is 5.41 Å². The van der Waals surface area contributed by atoms with E-state index < -0.39 is 0 Å². The van der Waals surface area contributed by atoms with Crippen molar-refractivity contribution < 1.29 is 0 Å². The minimum absolute atomic E-state index is 0.327. The molecule has 0 heterocycles. The van der Waals surface area contributed by atoms with Crippen molar-refractivity contribution in [2.24, 2.45) is 11.8 Å². The SMILES string of the molecule is CC1C(C)C12c1ccccc1-c1ccccc12. The molecule has 2 atom stereocenters. The highest BCUT2D eigenvalue weighted by atomic mass is 14.7. The van der Waals surface area contributed by atoms with Crippen molar-refractivity contribution in [3.8, 4) is 11.1 Å². The maximum atomic E-state index is 2.39. The van der Waals surface area contributed by atoms with Gasteiger partial charge < -0.3 is 0 Å². The summed E-state index contributed by atoms with van der Waals surface area (Å²) in [6, 6.07) is 17.9. The highest BCUT2D eigenvalue weighted by Gasteiger charge is 2.64. The topological polar surface area (TPSA) is 0 Å². The third-order valence-electron chi connectivity index (χ3n) is 5.11. The first-order chi connectivity index (χ1) is 8.28. The molecule has 1 saturated carbocycles. The number of rotatable bonds is 0. The van der Waals surface area contributed by atoms with Crippen LogP contribution in [0.4, 0.5) is 0 Å². The second-order valence-electron chi connectivity index (χ2n) is 5.54. The molecule has 2 aliphatic carbocycles. The minimum Gasteiger partial charge on any atom is -0.0619 e. The second-order valence-corrected chi connectivity index (χ2v) is 5.54. The highest BCUT2D eigenvalue weighted by molar-refractivity contribution is 5.83. The van der Waals surface area contributed by atoms with Crippen molar-refractivity contribution in [3.05, 3.63) is 59.7 Å². The lowest BCUT2D eigenvalue weighted by atomic mass is 9.90. The smallest absolute Gasteiger partial charge is 0.0272 e. The van der Waals surface area contributed by atoms with E-state index in [9.17, 15) is 0 Å². The normalized spacial score (nSPS) is 26.7. The maximum absolute atomic E-state index is 2.39. The fourth-order valence-corrected chi connectivity index (χ4v) is 4.06. The molecule has 2 aromatic carbocycles. The molecule has 0 radical (unpaired) electrons. The van der Waals surface area contributed by atoms with Gasteiger partial charge in [-0.3, -0.25) is 0 Å². The fraction of sp³-hybridized carbons (Fsp3) is 0.294. The lowest BCUT2D eigenvalue weighted by molar-refractivity contribution is 0.755. The molecular formula is C17H16. The minimum atomic E-state index is 0.327. The monoisotopic (exact) mass is 220 g/mol. The molecule has 0 nitrogen and oxygen atoms in total. The van der Waals surface area contributed by atoms with E-state index in [1.807, 2.05) is 0 Å². The van der Waals surface area contributed by atoms with Gasteiger partial charge in [0.15, 0.2) is 0 Å². The van der Waals surface area contributed by atoms with E-state index in [2.05, 4.69) is 62.4 Å². The van der Waals surface area contributed by atoms with Gasteiger partial charge in [-0.25, -0.2) is 0 Å². The Balaban J connectivity index is 2.11. The van der Waals surface area contributed by atoms with Crippen LogP contribution in [0, 0.1) is 11.8 Å². The van der Waals surface area contributed by atoms with E-state index >= 15 is 0 Å². The highest BCUT2D eigenvalue weighted by Crippen LogP contribution is 2.69. The van der Waals surface area contributed by atoms with E-state index in [0.717, 1.165) is 11.8 Å². The van der Waals surface area contributed by atoms with Crippen LogP contribution in [0.5, 0.6) is 0 Å². The fourth-order valence-electron chi connectivity index (χ4n) is 4.06. The summed E-state index contributed by atoms with van der Waals surface area (Å²) in [5, 5.41) is 0. The molecule has 0 N–H and O–H groups in total. The first-order valence-corrected chi connectivity index (χ1v) is 6.47. The molecule has 2 aliphatic rings. The first-order valence-electron chi connectivity index (χ1n) is 6.47. The second kappa shape index (κ2) is 2.81. The van der Waals surface area contributed by atoms with Crippen LogP contribution in [0.1, 0.15) is 25.0 Å². The number of hydrogen-bond donors (Lipinski definition) is 0. The zero-order valence-electron chi connectivity index (χ0n) is 10.3. The lowest BCUT2D eigenvalue weighted by Gasteiger charge is -2.13. The summed E-state index contributed by atoms with van der Waals surface area (Å²) < 4.78 is 0. The van der Waals surface area contributed by atoms with Gasteiger partial charge in [-0.15, -0.1) is 0 Å². The molecule has 0 aromatic heterocycles. The van der Waals surface area contributed by atoms with Crippen molar-refractivity contribution in [2.75, 3.05) is 0 Å². The van der Waals surface area contributed by atoms with Crippen molar-refractivity contribution in [2.45, 2.75) is 19.3 Å². The van der Waals surface area contributed by atoms with Crippen LogP contribution >= 0.6 is 0 Å². The Labute approximate surface area is 102 Å². The van der Waals surface area contributed by atoms with Crippen molar-refractivity contribution in [1.82, 2.24) is 0 Å². The van der Waals surface area contributed by atoms with E-state index in [0.29, 0.717) is 5.41 Å². The Bertz CT molecular complexity index is 553. The van der Waals surface area contributed by atoms with Gasteiger partial charge in [-0.2, -0.15) is 0 Å². The van der Waals surface area contributed by atoms with E-state index in [4.69, 9.17) is 0 Å². The Hall–Kier alpha value is -1.56.